The summed E-state index contributed by atoms with van der Waals surface area (Å²) in [5.74, 6) is 0.323. The highest BCUT2D eigenvalue weighted by Gasteiger charge is 2.07. The highest BCUT2D eigenvalue weighted by molar-refractivity contribution is 5.89. The molecule has 9 nitrogen and oxygen atoms in total. The average molecular weight is 615 g/mol. The molecule has 0 spiro atoms. The molecule has 0 heterocycles. The van der Waals surface area contributed by atoms with Crippen LogP contribution < -0.4 is 14.2 Å². The molecule has 0 aliphatic heterocycles. The maximum Gasteiger partial charge on any atom is 0.336 e. The van der Waals surface area contributed by atoms with Gasteiger partial charge in [0.25, 0.3) is 0 Å². The van der Waals surface area contributed by atoms with Crippen molar-refractivity contribution in [1.29, 1.82) is 0 Å². The van der Waals surface area contributed by atoms with Crippen molar-refractivity contribution in [3.05, 3.63) is 109 Å². The Labute approximate surface area is 263 Å². The minimum absolute atomic E-state index is 0.0192. The molecule has 45 heavy (non-hydrogen) atoms. The minimum atomic E-state index is -0.612. The van der Waals surface area contributed by atoms with Crippen molar-refractivity contribution >= 4 is 24.0 Å². The predicted molar refractivity (Wildman–Crippen MR) is 171 cm³/mol. The third-order valence-electron chi connectivity index (χ3n) is 6.21. The van der Waals surface area contributed by atoms with Crippen molar-refractivity contribution in [2.24, 2.45) is 0 Å². The second-order valence-electron chi connectivity index (χ2n) is 9.94. The Hall–Kier alpha value is -5.15. The number of carbonyl (C=O) groups excluding carboxylic acids is 3. The lowest BCUT2D eigenvalue weighted by Gasteiger charge is -2.09. The SMILES string of the molecule is C=C(C)C(=O)OCCCCOc1ccc(/C=C/C(=O)Oc2ccc(-c3ccc(OCCCOC(=O)C(=C)CO)cc3)cc2)cc1. The van der Waals surface area contributed by atoms with Gasteiger partial charge >= 0.3 is 17.9 Å². The summed E-state index contributed by atoms with van der Waals surface area (Å²) in [6, 6.07) is 22.1. The number of aliphatic hydroxyl groups is 1. The Morgan fingerprint density at radius 1 is 0.667 bits per heavy atom. The number of unbranched alkanes of at least 4 members (excludes halogenated alkanes) is 1. The molecule has 0 atom stereocenters. The van der Waals surface area contributed by atoms with Gasteiger partial charge in [0.05, 0.1) is 38.6 Å². The van der Waals surface area contributed by atoms with Gasteiger partial charge in [-0.3, -0.25) is 0 Å². The molecular formula is C36H38O9. The van der Waals surface area contributed by atoms with Crippen molar-refractivity contribution in [1.82, 2.24) is 0 Å². The zero-order chi connectivity index (χ0) is 32.4. The maximum absolute atomic E-state index is 12.3. The van der Waals surface area contributed by atoms with Crippen LogP contribution in [0.2, 0.25) is 0 Å². The second kappa shape index (κ2) is 18.5. The van der Waals surface area contributed by atoms with E-state index in [2.05, 4.69) is 13.2 Å². The van der Waals surface area contributed by atoms with Gasteiger partial charge in [-0.1, -0.05) is 49.6 Å². The quantitative estimate of drug-likeness (QED) is 0.0784. The lowest BCUT2D eigenvalue weighted by molar-refractivity contribution is -0.140. The van der Waals surface area contributed by atoms with Crippen LogP contribution >= 0.6 is 0 Å². The third-order valence-corrected chi connectivity index (χ3v) is 6.21. The number of benzene rings is 3. The van der Waals surface area contributed by atoms with Crippen molar-refractivity contribution in [3.8, 4) is 28.4 Å². The van der Waals surface area contributed by atoms with Gasteiger partial charge < -0.3 is 28.8 Å². The number of esters is 3. The topological polar surface area (TPSA) is 118 Å². The molecule has 0 bridgehead atoms. The van der Waals surface area contributed by atoms with Gasteiger partial charge in [0.1, 0.15) is 17.2 Å². The van der Waals surface area contributed by atoms with Gasteiger partial charge in [0.2, 0.25) is 0 Å². The summed E-state index contributed by atoms with van der Waals surface area (Å²) in [6.07, 6.45) is 4.98. The van der Waals surface area contributed by atoms with E-state index in [4.69, 9.17) is 28.8 Å². The first-order valence-electron chi connectivity index (χ1n) is 14.5. The van der Waals surface area contributed by atoms with E-state index in [1.807, 2.05) is 60.7 Å². The number of hydrogen-bond donors (Lipinski definition) is 1. The van der Waals surface area contributed by atoms with Crippen LogP contribution in [0, 0.1) is 0 Å². The number of aliphatic hydroxyl groups excluding tert-OH is 1. The van der Waals surface area contributed by atoms with E-state index < -0.39 is 18.5 Å². The molecule has 3 rings (SSSR count). The summed E-state index contributed by atoms with van der Waals surface area (Å²) in [7, 11) is 0. The number of ether oxygens (including phenoxy) is 5. The average Bonchev–Trinajstić information content (AvgIpc) is 3.05. The fraction of sp³-hybridized carbons (Fsp3) is 0.250. The van der Waals surface area contributed by atoms with E-state index in [9.17, 15) is 14.4 Å². The lowest BCUT2D eigenvalue weighted by atomic mass is 10.1. The number of hydrogen-bond acceptors (Lipinski definition) is 9. The Bertz CT molecular complexity index is 1450. The zero-order valence-electron chi connectivity index (χ0n) is 25.4. The smallest absolute Gasteiger partial charge is 0.336 e. The Balaban J connectivity index is 1.36. The Morgan fingerprint density at radius 3 is 1.73 bits per heavy atom. The molecule has 3 aromatic rings. The zero-order valence-corrected chi connectivity index (χ0v) is 25.4. The minimum Gasteiger partial charge on any atom is -0.494 e. The summed E-state index contributed by atoms with van der Waals surface area (Å²) in [5.41, 5.74) is 3.14. The van der Waals surface area contributed by atoms with Crippen LogP contribution in [-0.2, 0) is 23.9 Å². The van der Waals surface area contributed by atoms with Crippen LogP contribution in [-0.4, -0.2) is 56.0 Å². The first kappa shape index (κ1) is 34.3. The maximum atomic E-state index is 12.3. The molecule has 0 unspecified atom stereocenters. The summed E-state index contributed by atoms with van der Waals surface area (Å²) in [6.45, 7) is 9.51. The number of carbonyl (C=O) groups is 3. The normalized spacial score (nSPS) is 10.6. The highest BCUT2D eigenvalue weighted by Crippen LogP contribution is 2.25. The van der Waals surface area contributed by atoms with Crippen molar-refractivity contribution in [3.63, 3.8) is 0 Å². The standard InChI is InChI=1S/C36H38O9/c1-26(2)35(39)43-22-5-4-21-41-31-14-7-28(8-15-31)9-20-34(38)45-33-18-12-30(13-19-33)29-10-16-32(17-11-29)42-23-6-24-44-36(40)27(3)25-37/h7-20,37H,1,3-6,21-25H2,2H3/b20-9+. The van der Waals surface area contributed by atoms with E-state index in [0.29, 0.717) is 55.5 Å². The van der Waals surface area contributed by atoms with Gasteiger partial charge in [-0.2, -0.15) is 0 Å². The molecule has 0 radical (unpaired) electrons. The fourth-order valence-corrected chi connectivity index (χ4v) is 3.71. The van der Waals surface area contributed by atoms with Gasteiger partial charge in [-0.25, -0.2) is 14.4 Å². The summed E-state index contributed by atoms with van der Waals surface area (Å²) in [4.78, 5) is 35.1. The van der Waals surface area contributed by atoms with Gasteiger partial charge in [0, 0.05) is 18.1 Å². The van der Waals surface area contributed by atoms with E-state index in [1.54, 1.807) is 25.1 Å². The van der Waals surface area contributed by atoms with Crippen LogP contribution in [0.5, 0.6) is 17.2 Å². The fourth-order valence-electron chi connectivity index (χ4n) is 3.71. The Morgan fingerprint density at radius 2 is 1.16 bits per heavy atom. The van der Waals surface area contributed by atoms with Crippen molar-refractivity contribution < 1.29 is 43.2 Å². The molecule has 0 saturated carbocycles. The highest BCUT2D eigenvalue weighted by atomic mass is 16.5. The van der Waals surface area contributed by atoms with E-state index in [-0.39, 0.29) is 18.1 Å². The van der Waals surface area contributed by atoms with Gasteiger partial charge in [-0.15, -0.1) is 0 Å². The van der Waals surface area contributed by atoms with Gasteiger partial charge in [-0.05, 0) is 78.9 Å². The molecule has 236 valence electrons. The molecule has 0 saturated heterocycles. The molecule has 0 aliphatic carbocycles. The second-order valence-corrected chi connectivity index (χ2v) is 9.94. The molecule has 9 heteroatoms. The molecule has 0 amide bonds. The first-order valence-corrected chi connectivity index (χ1v) is 14.5. The molecule has 3 aromatic carbocycles. The van der Waals surface area contributed by atoms with Gasteiger partial charge in [0.15, 0.2) is 0 Å². The van der Waals surface area contributed by atoms with Crippen LogP contribution in [0.15, 0.2) is 103 Å². The van der Waals surface area contributed by atoms with E-state index >= 15 is 0 Å². The van der Waals surface area contributed by atoms with E-state index in [0.717, 1.165) is 23.1 Å². The Kier molecular flexibility index (Phi) is 14.1. The molecular weight excluding hydrogens is 576 g/mol. The van der Waals surface area contributed by atoms with Crippen LogP contribution in [0.25, 0.3) is 17.2 Å². The van der Waals surface area contributed by atoms with Crippen LogP contribution in [0.3, 0.4) is 0 Å². The van der Waals surface area contributed by atoms with Crippen molar-refractivity contribution in [2.45, 2.75) is 26.2 Å². The lowest BCUT2D eigenvalue weighted by Crippen LogP contribution is -2.12. The predicted octanol–water partition coefficient (Wildman–Crippen LogP) is 6.11. The van der Waals surface area contributed by atoms with E-state index in [1.165, 1.54) is 6.08 Å². The third kappa shape index (κ3) is 12.5. The monoisotopic (exact) mass is 614 g/mol. The largest absolute Gasteiger partial charge is 0.494 e. The molecule has 0 aliphatic rings. The van der Waals surface area contributed by atoms with Crippen LogP contribution in [0.1, 0.15) is 31.7 Å². The number of rotatable bonds is 18. The van der Waals surface area contributed by atoms with Crippen molar-refractivity contribution in [2.75, 3.05) is 33.0 Å². The van der Waals surface area contributed by atoms with Crippen LogP contribution in [0.4, 0.5) is 0 Å². The summed E-state index contributed by atoms with van der Waals surface area (Å²) in [5, 5.41) is 8.86. The molecule has 1 N–H and O–H groups in total. The first-order chi connectivity index (χ1) is 21.7. The molecule has 0 fully saturated rings. The summed E-state index contributed by atoms with van der Waals surface area (Å²) >= 11 is 0. The summed E-state index contributed by atoms with van der Waals surface area (Å²) < 4.78 is 26.8. The molecule has 0 aromatic heterocycles.